The van der Waals surface area contributed by atoms with Gasteiger partial charge in [-0.2, -0.15) is 5.10 Å². The number of esters is 1. The average Bonchev–Trinajstić information content (AvgIpc) is 2.78. The van der Waals surface area contributed by atoms with Crippen molar-refractivity contribution in [1.82, 2.24) is 10.7 Å². The van der Waals surface area contributed by atoms with Gasteiger partial charge in [-0.05, 0) is 55.8 Å². The summed E-state index contributed by atoms with van der Waals surface area (Å²) in [5.74, 6) is -0.427. The van der Waals surface area contributed by atoms with E-state index >= 15 is 0 Å². The smallest absolute Gasteiger partial charge is 0.347 e. The van der Waals surface area contributed by atoms with Crippen molar-refractivity contribution in [3.63, 3.8) is 0 Å². The number of methoxy groups -OCH3 is 1. The number of hydrogen-bond acceptors (Lipinski definition) is 7. The zero-order chi connectivity index (χ0) is 22.6. The maximum Gasteiger partial charge on any atom is 0.347 e. The highest BCUT2D eigenvalue weighted by Crippen LogP contribution is 2.16. The molecule has 164 valence electrons. The van der Waals surface area contributed by atoms with E-state index in [0.717, 1.165) is 0 Å². The number of nitrogens with zero attached hydrogens (tertiary/aromatic N) is 1. The molecule has 0 heterocycles. The molecule has 0 spiro atoms. The van der Waals surface area contributed by atoms with Crippen LogP contribution in [0.4, 0.5) is 0 Å². The molecule has 0 radical (unpaired) electrons. The lowest BCUT2D eigenvalue weighted by molar-refractivity contribution is -0.150. The number of ether oxygens (including phenoxy) is 3. The lowest BCUT2D eigenvalue weighted by Crippen LogP contribution is -2.35. The second kappa shape index (κ2) is 12.0. The molecule has 0 aromatic heterocycles. The highest BCUT2D eigenvalue weighted by Gasteiger charge is 2.15. The lowest BCUT2D eigenvalue weighted by Gasteiger charge is -2.13. The Morgan fingerprint density at radius 1 is 1.10 bits per heavy atom. The largest absolute Gasteiger partial charge is 0.496 e. The van der Waals surface area contributed by atoms with Crippen molar-refractivity contribution in [3.05, 3.63) is 59.7 Å². The predicted octanol–water partition coefficient (Wildman–Crippen LogP) is 1.91. The second-order valence-electron chi connectivity index (χ2n) is 6.26. The summed E-state index contributed by atoms with van der Waals surface area (Å²) in [6, 6.07) is 13.5. The third-order valence-corrected chi connectivity index (χ3v) is 3.98. The number of rotatable bonds is 10. The second-order valence-corrected chi connectivity index (χ2v) is 6.26. The summed E-state index contributed by atoms with van der Waals surface area (Å²) in [5, 5.41) is 6.36. The fourth-order valence-corrected chi connectivity index (χ4v) is 2.45. The molecule has 0 aliphatic heterocycles. The highest BCUT2D eigenvalue weighted by atomic mass is 16.6. The monoisotopic (exact) mass is 427 g/mol. The molecule has 2 N–H and O–H groups in total. The minimum absolute atomic E-state index is 0.243. The molecule has 2 rings (SSSR count). The number of hydrazone groups is 1. The van der Waals surface area contributed by atoms with Crippen LogP contribution in [0.5, 0.6) is 11.5 Å². The fourth-order valence-electron chi connectivity index (χ4n) is 2.45. The first-order valence-corrected chi connectivity index (χ1v) is 9.61. The van der Waals surface area contributed by atoms with Crippen molar-refractivity contribution in [2.24, 2.45) is 5.10 Å². The summed E-state index contributed by atoms with van der Waals surface area (Å²) in [7, 11) is 1.47. The maximum atomic E-state index is 12.2. The van der Waals surface area contributed by atoms with Crippen LogP contribution in [0, 0.1) is 0 Å². The third kappa shape index (κ3) is 7.46. The molecule has 1 unspecified atom stereocenters. The molecular formula is C22H25N3O6. The zero-order valence-corrected chi connectivity index (χ0v) is 17.6. The van der Waals surface area contributed by atoms with Gasteiger partial charge in [0.05, 0.1) is 32.0 Å². The first-order valence-electron chi connectivity index (χ1n) is 9.61. The van der Waals surface area contributed by atoms with Gasteiger partial charge >= 0.3 is 5.97 Å². The maximum absolute atomic E-state index is 12.2. The lowest BCUT2D eigenvalue weighted by atomic mass is 10.2. The van der Waals surface area contributed by atoms with Gasteiger partial charge in [-0.25, -0.2) is 10.2 Å². The zero-order valence-electron chi connectivity index (χ0n) is 17.6. The first-order chi connectivity index (χ1) is 14.9. The number of nitrogens with one attached hydrogen (secondary N) is 2. The number of hydrogen-bond donors (Lipinski definition) is 2. The van der Waals surface area contributed by atoms with Crippen LogP contribution in [-0.2, 0) is 14.3 Å². The van der Waals surface area contributed by atoms with E-state index in [1.54, 1.807) is 62.4 Å². The molecule has 0 aliphatic carbocycles. The van der Waals surface area contributed by atoms with E-state index in [-0.39, 0.29) is 13.2 Å². The predicted molar refractivity (Wildman–Crippen MR) is 114 cm³/mol. The van der Waals surface area contributed by atoms with Crippen LogP contribution < -0.4 is 20.2 Å². The number of para-hydroxylation sites is 1. The average molecular weight is 427 g/mol. The van der Waals surface area contributed by atoms with Gasteiger partial charge in [0.1, 0.15) is 11.5 Å². The van der Waals surface area contributed by atoms with Crippen LogP contribution in [0.25, 0.3) is 0 Å². The number of benzene rings is 2. The number of amides is 2. The number of carbonyl (C=O) groups excluding carboxylic acids is 3. The van der Waals surface area contributed by atoms with Crippen molar-refractivity contribution < 1.29 is 28.6 Å². The van der Waals surface area contributed by atoms with Gasteiger partial charge in [-0.1, -0.05) is 12.1 Å². The van der Waals surface area contributed by atoms with Gasteiger partial charge in [-0.3, -0.25) is 9.59 Å². The molecule has 0 fully saturated rings. The van der Waals surface area contributed by atoms with E-state index in [1.165, 1.54) is 13.3 Å². The molecule has 0 saturated carbocycles. The standard InChI is InChI=1S/C22H25N3O6/c1-4-30-22(28)15(2)31-17-11-9-16(10-12-17)13-24-25-20(26)14-23-21(27)18-7-5-6-8-19(18)29-3/h5-13,15H,4,14H2,1-3H3,(H,23,27)(H,25,26). The van der Waals surface area contributed by atoms with Crippen molar-refractivity contribution in [2.45, 2.75) is 20.0 Å². The molecule has 9 nitrogen and oxygen atoms in total. The Balaban J connectivity index is 1.79. The summed E-state index contributed by atoms with van der Waals surface area (Å²) in [4.78, 5) is 35.6. The van der Waals surface area contributed by atoms with Gasteiger partial charge in [0.2, 0.25) is 0 Å². The van der Waals surface area contributed by atoms with Gasteiger partial charge in [-0.15, -0.1) is 0 Å². The van der Waals surface area contributed by atoms with Crippen LogP contribution >= 0.6 is 0 Å². The van der Waals surface area contributed by atoms with Crippen molar-refractivity contribution in [2.75, 3.05) is 20.3 Å². The Morgan fingerprint density at radius 2 is 1.81 bits per heavy atom. The van der Waals surface area contributed by atoms with Crippen LogP contribution in [-0.4, -0.2) is 50.4 Å². The molecule has 31 heavy (non-hydrogen) atoms. The molecule has 0 saturated heterocycles. The van der Waals surface area contributed by atoms with E-state index in [1.807, 2.05) is 0 Å². The van der Waals surface area contributed by atoms with Gasteiger partial charge in [0.25, 0.3) is 11.8 Å². The molecule has 2 aromatic carbocycles. The van der Waals surface area contributed by atoms with E-state index in [2.05, 4.69) is 15.8 Å². The van der Waals surface area contributed by atoms with Crippen LogP contribution in [0.15, 0.2) is 53.6 Å². The third-order valence-electron chi connectivity index (χ3n) is 3.98. The Kier molecular flexibility index (Phi) is 9.03. The summed E-state index contributed by atoms with van der Waals surface area (Å²) >= 11 is 0. The van der Waals surface area contributed by atoms with Crippen LogP contribution in [0.2, 0.25) is 0 Å². The van der Waals surface area contributed by atoms with Crippen molar-refractivity contribution >= 4 is 24.0 Å². The molecule has 9 heteroatoms. The van der Waals surface area contributed by atoms with Crippen molar-refractivity contribution in [3.8, 4) is 11.5 Å². The van der Waals surface area contributed by atoms with E-state index in [9.17, 15) is 14.4 Å². The minimum Gasteiger partial charge on any atom is -0.496 e. The van der Waals surface area contributed by atoms with E-state index in [0.29, 0.717) is 22.6 Å². The molecule has 2 amide bonds. The molecule has 0 bridgehead atoms. The molecule has 1 atom stereocenters. The summed E-state index contributed by atoms with van der Waals surface area (Å²) in [6.07, 6.45) is 0.725. The van der Waals surface area contributed by atoms with Crippen LogP contribution in [0.1, 0.15) is 29.8 Å². The van der Waals surface area contributed by atoms with Gasteiger partial charge in [0.15, 0.2) is 6.10 Å². The minimum atomic E-state index is -0.718. The topological polar surface area (TPSA) is 115 Å². The quantitative estimate of drug-likeness (QED) is 0.340. The number of carbonyl (C=O) groups is 3. The van der Waals surface area contributed by atoms with E-state index in [4.69, 9.17) is 14.2 Å². The Labute approximate surface area is 180 Å². The Hall–Kier alpha value is -3.88. The SMILES string of the molecule is CCOC(=O)C(C)Oc1ccc(C=NNC(=O)CNC(=O)c2ccccc2OC)cc1. The first kappa shape index (κ1) is 23.4. The Bertz CT molecular complexity index is 927. The van der Waals surface area contributed by atoms with E-state index < -0.39 is 23.9 Å². The summed E-state index contributed by atoms with van der Waals surface area (Å²) < 4.78 is 15.5. The van der Waals surface area contributed by atoms with Crippen LogP contribution in [0.3, 0.4) is 0 Å². The fraction of sp³-hybridized carbons (Fsp3) is 0.273. The van der Waals surface area contributed by atoms with Crippen molar-refractivity contribution in [1.29, 1.82) is 0 Å². The normalized spacial score (nSPS) is 11.5. The molecule has 0 aliphatic rings. The van der Waals surface area contributed by atoms with Gasteiger partial charge < -0.3 is 19.5 Å². The molecular weight excluding hydrogens is 402 g/mol. The molecule has 2 aromatic rings. The summed E-state index contributed by atoms with van der Waals surface area (Å²) in [5.41, 5.74) is 3.37. The summed E-state index contributed by atoms with van der Waals surface area (Å²) in [6.45, 7) is 3.38. The van der Waals surface area contributed by atoms with Gasteiger partial charge in [0, 0.05) is 0 Å². The Morgan fingerprint density at radius 3 is 2.48 bits per heavy atom. The highest BCUT2D eigenvalue weighted by molar-refractivity contribution is 5.98.